The minimum Gasteiger partial charge on any atom is -0.507 e. The van der Waals surface area contributed by atoms with Gasteiger partial charge in [0.05, 0.1) is 7.11 Å². The van der Waals surface area contributed by atoms with E-state index < -0.39 is 5.54 Å². The Kier molecular flexibility index (Phi) is 4.47. The van der Waals surface area contributed by atoms with Crippen LogP contribution in [0.4, 0.5) is 0 Å². The number of hydrogen-bond acceptors (Lipinski definition) is 5. The van der Waals surface area contributed by atoms with E-state index in [0.29, 0.717) is 22.4 Å². The Morgan fingerprint density at radius 3 is 2.21 bits per heavy atom. The molecule has 1 atom stereocenters. The fourth-order valence-electron chi connectivity index (χ4n) is 3.68. The lowest BCUT2D eigenvalue weighted by Gasteiger charge is -2.28. The van der Waals surface area contributed by atoms with E-state index in [9.17, 15) is 9.90 Å². The van der Waals surface area contributed by atoms with Gasteiger partial charge in [0, 0.05) is 18.2 Å². The largest absolute Gasteiger partial charge is 0.507 e. The van der Waals surface area contributed by atoms with Crippen molar-refractivity contribution in [3.05, 3.63) is 83.9 Å². The van der Waals surface area contributed by atoms with Crippen LogP contribution in [0, 0.1) is 0 Å². The maximum atomic E-state index is 13.4. The summed E-state index contributed by atoms with van der Waals surface area (Å²) in [4.78, 5) is 19.3. The molecule has 3 N–H and O–H groups in total. The van der Waals surface area contributed by atoms with Gasteiger partial charge in [-0.25, -0.2) is 4.99 Å². The number of nitrogens with two attached hydrogens (primary N) is 1. The van der Waals surface area contributed by atoms with E-state index in [1.807, 2.05) is 48.5 Å². The average molecular weight is 387 g/mol. The van der Waals surface area contributed by atoms with Gasteiger partial charge >= 0.3 is 0 Å². The molecular formula is C23H21N3O3. The van der Waals surface area contributed by atoms with Crippen molar-refractivity contribution in [2.24, 2.45) is 10.7 Å². The van der Waals surface area contributed by atoms with Crippen LogP contribution >= 0.6 is 0 Å². The maximum Gasteiger partial charge on any atom is 0.266 e. The third-order valence-electron chi connectivity index (χ3n) is 5.23. The number of nitrogens with zero attached hydrogens (tertiary/aromatic N) is 2. The van der Waals surface area contributed by atoms with Crippen molar-refractivity contribution in [1.29, 1.82) is 0 Å². The lowest BCUT2D eigenvalue weighted by atomic mass is 9.80. The fourth-order valence-corrected chi connectivity index (χ4v) is 3.68. The molecule has 6 heteroatoms. The molecule has 1 heterocycles. The van der Waals surface area contributed by atoms with Crippen LogP contribution in [0.2, 0.25) is 0 Å². The highest BCUT2D eigenvalue weighted by Crippen LogP contribution is 2.47. The second-order valence-electron chi connectivity index (χ2n) is 6.85. The molecule has 0 aliphatic carbocycles. The van der Waals surface area contributed by atoms with E-state index >= 15 is 0 Å². The summed E-state index contributed by atoms with van der Waals surface area (Å²) in [6.45, 7) is 0. The van der Waals surface area contributed by atoms with Crippen molar-refractivity contribution < 1.29 is 14.6 Å². The number of rotatable bonds is 4. The van der Waals surface area contributed by atoms with Crippen molar-refractivity contribution in [3.63, 3.8) is 0 Å². The standard InChI is InChI=1S/C23H21N3O3/c1-26-21(28)23(25-22(26)24,16-11-7-4-8-12-16)19-14-17(29-2)13-18(20(19)27)15-9-5-3-6-10-15/h3-14,27H,1-2H3,(H2,24,25). The summed E-state index contributed by atoms with van der Waals surface area (Å²) in [7, 11) is 3.11. The highest BCUT2D eigenvalue weighted by atomic mass is 16.5. The molecule has 6 nitrogen and oxygen atoms in total. The van der Waals surface area contributed by atoms with Crippen LogP contribution in [-0.2, 0) is 10.3 Å². The molecule has 146 valence electrons. The number of guanidine groups is 1. The minimum atomic E-state index is -1.50. The Bertz CT molecular complexity index is 1100. The zero-order valence-corrected chi connectivity index (χ0v) is 16.2. The molecule has 3 aromatic carbocycles. The first-order valence-electron chi connectivity index (χ1n) is 9.15. The summed E-state index contributed by atoms with van der Waals surface area (Å²) in [5, 5.41) is 11.3. The van der Waals surface area contributed by atoms with Gasteiger partial charge in [-0.05, 0) is 23.3 Å². The van der Waals surface area contributed by atoms with Gasteiger partial charge in [-0.15, -0.1) is 0 Å². The van der Waals surface area contributed by atoms with Gasteiger partial charge in [-0.3, -0.25) is 9.69 Å². The van der Waals surface area contributed by atoms with Crippen LogP contribution in [0.25, 0.3) is 11.1 Å². The molecule has 1 aliphatic rings. The second-order valence-corrected chi connectivity index (χ2v) is 6.85. The predicted octanol–water partition coefficient (Wildman–Crippen LogP) is 3.10. The number of aliphatic imine (C=N–C) groups is 1. The summed E-state index contributed by atoms with van der Waals surface area (Å²) in [5.41, 5.74) is 6.81. The molecule has 1 amide bonds. The number of phenols is 1. The Balaban J connectivity index is 2.06. The van der Waals surface area contributed by atoms with E-state index in [1.54, 1.807) is 38.4 Å². The van der Waals surface area contributed by atoms with E-state index in [1.165, 1.54) is 4.90 Å². The molecule has 3 aromatic rings. The van der Waals surface area contributed by atoms with Gasteiger partial charge < -0.3 is 15.6 Å². The van der Waals surface area contributed by atoms with E-state index in [0.717, 1.165) is 5.56 Å². The van der Waals surface area contributed by atoms with Gasteiger partial charge in [0.1, 0.15) is 11.5 Å². The van der Waals surface area contributed by atoms with Crippen molar-refractivity contribution in [2.45, 2.75) is 5.54 Å². The fraction of sp³-hybridized carbons (Fsp3) is 0.130. The number of methoxy groups -OCH3 is 1. The second kappa shape index (κ2) is 6.98. The molecule has 0 saturated heterocycles. The van der Waals surface area contributed by atoms with E-state index in [-0.39, 0.29) is 17.6 Å². The smallest absolute Gasteiger partial charge is 0.266 e. The number of carbonyl (C=O) groups is 1. The summed E-state index contributed by atoms with van der Waals surface area (Å²) in [5.74, 6) is 0.204. The zero-order valence-electron chi connectivity index (χ0n) is 16.2. The van der Waals surface area contributed by atoms with Gasteiger partial charge in [-0.2, -0.15) is 0 Å². The lowest BCUT2D eigenvalue weighted by Crippen LogP contribution is -2.41. The monoisotopic (exact) mass is 387 g/mol. The van der Waals surface area contributed by atoms with Gasteiger partial charge in [0.25, 0.3) is 5.91 Å². The first-order valence-corrected chi connectivity index (χ1v) is 9.15. The first-order chi connectivity index (χ1) is 14.0. The predicted molar refractivity (Wildman–Crippen MR) is 112 cm³/mol. The Morgan fingerprint density at radius 2 is 1.66 bits per heavy atom. The first kappa shape index (κ1) is 18.6. The number of carbonyl (C=O) groups excluding carboxylic acids is 1. The van der Waals surface area contributed by atoms with Crippen LogP contribution in [0.1, 0.15) is 11.1 Å². The van der Waals surface area contributed by atoms with Crippen LogP contribution in [0.15, 0.2) is 77.8 Å². The Labute approximate surface area is 168 Å². The number of aromatic hydroxyl groups is 1. The summed E-state index contributed by atoms with van der Waals surface area (Å²) < 4.78 is 5.49. The van der Waals surface area contributed by atoms with E-state index in [4.69, 9.17) is 10.5 Å². The van der Waals surface area contributed by atoms with Crippen LogP contribution in [0.5, 0.6) is 11.5 Å². The summed E-state index contributed by atoms with van der Waals surface area (Å²) in [6.07, 6.45) is 0. The molecule has 0 fully saturated rings. The highest BCUT2D eigenvalue weighted by Gasteiger charge is 2.51. The normalized spacial score (nSPS) is 18.6. The molecule has 29 heavy (non-hydrogen) atoms. The number of ether oxygens (including phenoxy) is 1. The van der Waals surface area contributed by atoms with E-state index in [2.05, 4.69) is 4.99 Å². The van der Waals surface area contributed by atoms with Gasteiger partial charge in [-0.1, -0.05) is 60.7 Å². The molecule has 4 rings (SSSR count). The molecule has 0 bridgehead atoms. The van der Waals surface area contributed by atoms with Gasteiger partial charge in [0.2, 0.25) is 0 Å². The van der Waals surface area contributed by atoms with Gasteiger partial charge in [0.15, 0.2) is 11.5 Å². The maximum absolute atomic E-state index is 13.4. The van der Waals surface area contributed by atoms with Crippen LogP contribution in [-0.4, -0.2) is 36.0 Å². The molecule has 0 spiro atoms. The number of likely N-dealkylation sites (N-methyl/N-ethyl adjacent to an activating group) is 1. The topological polar surface area (TPSA) is 88.2 Å². The molecule has 0 saturated carbocycles. The molecule has 1 unspecified atom stereocenters. The average Bonchev–Trinajstić information content (AvgIpc) is 3.00. The third-order valence-corrected chi connectivity index (χ3v) is 5.23. The van der Waals surface area contributed by atoms with Crippen molar-refractivity contribution >= 4 is 11.9 Å². The SMILES string of the molecule is COc1cc(-c2ccccc2)c(O)c(C2(c3ccccc3)N=C(N)N(C)C2=O)c1. The Hall–Kier alpha value is -3.80. The number of benzene rings is 3. The van der Waals surface area contributed by atoms with Crippen LogP contribution < -0.4 is 10.5 Å². The molecule has 0 radical (unpaired) electrons. The zero-order chi connectivity index (χ0) is 20.6. The van der Waals surface area contributed by atoms with Crippen molar-refractivity contribution in [1.82, 2.24) is 4.90 Å². The van der Waals surface area contributed by atoms with Crippen LogP contribution in [0.3, 0.4) is 0 Å². The third kappa shape index (κ3) is 2.81. The summed E-state index contributed by atoms with van der Waals surface area (Å²) in [6, 6.07) is 21.9. The molecule has 0 aromatic heterocycles. The quantitative estimate of drug-likeness (QED) is 0.720. The number of hydrogen-bond donors (Lipinski definition) is 2. The molecular weight excluding hydrogens is 366 g/mol. The number of phenolic OH excluding ortho intramolecular Hbond substituents is 1. The lowest BCUT2D eigenvalue weighted by molar-refractivity contribution is -0.129. The minimum absolute atomic E-state index is 0.0407. The summed E-state index contributed by atoms with van der Waals surface area (Å²) >= 11 is 0. The van der Waals surface area contributed by atoms with Crippen molar-refractivity contribution in [3.8, 4) is 22.6 Å². The Morgan fingerprint density at radius 1 is 1.03 bits per heavy atom. The highest BCUT2D eigenvalue weighted by molar-refractivity contribution is 6.09. The van der Waals surface area contributed by atoms with Crippen molar-refractivity contribution in [2.75, 3.05) is 14.2 Å². The number of amides is 1. The molecule has 1 aliphatic heterocycles.